The number of H-pyrrole nitrogens is 2. The number of aromatic nitrogens is 4. The highest BCUT2D eigenvalue weighted by Crippen LogP contribution is 2.33. The van der Waals surface area contributed by atoms with E-state index in [1.807, 2.05) is 16.8 Å². The van der Waals surface area contributed by atoms with Crippen molar-refractivity contribution in [3.8, 4) is 11.3 Å². The number of aliphatic hydroxyl groups is 1. The van der Waals surface area contributed by atoms with Crippen molar-refractivity contribution in [2.75, 3.05) is 13.1 Å². The molecule has 4 rings (SSSR count). The standard InChI is InChI=1S/C14H13N5O2S/c20-13(10-5-16-18-12(10)9-2-4-22-6-9)19-7-14(21,8-19)11-1-3-15-17-11/h1-6,21H,7-8H2,(H,15,17)(H,16,18). The maximum absolute atomic E-state index is 12.6. The molecule has 0 unspecified atom stereocenters. The summed E-state index contributed by atoms with van der Waals surface area (Å²) in [5.41, 5.74) is 1.75. The fraction of sp³-hybridized carbons (Fsp3) is 0.214. The summed E-state index contributed by atoms with van der Waals surface area (Å²) >= 11 is 1.56. The van der Waals surface area contributed by atoms with Crippen molar-refractivity contribution in [2.45, 2.75) is 5.60 Å². The number of hydrogen-bond acceptors (Lipinski definition) is 5. The third kappa shape index (κ3) is 1.96. The van der Waals surface area contributed by atoms with Gasteiger partial charge in [0.05, 0.1) is 36.2 Å². The molecular weight excluding hydrogens is 302 g/mol. The summed E-state index contributed by atoms with van der Waals surface area (Å²) in [4.78, 5) is 14.2. The SMILES string of the molecule is O=C(c1cn[nH]c1-c1ccsc1)N1CC(O)(c2ccn[nH]2)C1. The average molecular weight is 315 g/mol. The first-order valence-electron chi connectivity index (χ1n) is 6.75. The number of nitrogens with one attached hydrogen (secondary N) is 2. The van der Waals surface area contributed by atoms with Crippen LogP contribution in [0.2, 0.25) is 0 Å². The van der Waals surface area contributed by atoms with Crippen LogP contribution >= 0.6 is 11.3 Å². The van der Waals surface area contributed by atoms with Gasteiger partial charge in [0.1, 0.15) is 5.60 Å². The maximum Gasteiger partial charge on any atom is 0.257 e. The molecule has 1 aliphatic heterocycles. The molecule has 0 aliphatic carbocycles. The van der Waals surface area contributed by atoms with Crippen molar-refractivity contribution in [3.05, 3.63) is 46.5 Å². The topological polar surface area (TPSA) is 97.9 Å². The second-order valence-corrected chi connectivity index (χ2v) is 6.11. The van der Waals surface area contributed by atoms with E-state index in [2.05, 4.69) is 20.4 Å². The average Bonchev–Trinajstić information content (AvgIpc) is 3.24. The molecule has 8 heteroatoms. The molecule has 1 saturated heterocycles. The Morgan fingerprint density at radius 1 is 1.32 bits per heavy atom. The second-order valence-electron chi connectivity index (χ2n) is 5.33. The lowest BCUT2D eigenvalue weighted by atomic mass is 9.90. The first-order chi connectivity index (χ1) is 10.7. The lowest BCUT2D eigenvalue weighted by Crippen LogP contribution is -2.61. The maximum atomic E-state index is 12.6. The Balaban J connectivity index is 1.54. The summed E-state index contributed by atoms with van der Waals surface area (Å²) in [7, 11) is 0. The van der Waals surface area contributed by atoms with Gasteiger partial charge in [0.2, 0.25) is 0 Å². The molecule has 22 heavy (non-hydrogen) atoms. The van der Waals surface area contributed by atoms with E-state index in [4.69, 9.17) is 0 Å². The summed E-state index contributed by atoms with van der Waals surface area (Å²) in [6.07, 6.45) is 3.12. The Hall–Kier alpha value is -2.45. The number of nitrogens with zero attached hydrogens (tertiary/aromatic N) is 3. The molecule has 0 aromatic carbocycles. The molecular formula is C14H13N5O2S. The van der Waals surface area contributed by atoms with E-state index in [9.17, 15) is 9.90 Å². The first-order valence-corrected chi connectivity index (χ1v) is 7.69. The normalized spacial score (nSPS) is 16.5. The van der Waals surface area contributed by atoms with Crippen molar-refractivity contribution in [1.29, 1.82) is 0 Å². The first kappa shape index (κ1) is 13.2. The predicted molar refractivity (Wildman–Crippen MR) is 80.3 cm³/mol. The van der Waals surface area contributed by atoms with Crippen LogP contribution in [0.1, 0.15) is 16.1 Å². The van der Waals surface area contributed by atoms with Gasteiger partial charge in [-0.15, -0.1) is 0 Å². The summed E-state index contributed by atoms with van der Waals surface area (Å²) in [6.45, 7) is 0.477. The van der Waals surface area contributed by atoms with E-state index in [1.165, 1.54) is 6.20 Å². The number of aromatic amines is 2. The minimum absolute atomic E-state index is 0.140. The van der Waals surface area contributed by atoms with E-state index in [1.54, 1.807) is 28.5 Å². The molecule has 3 aromatic heterocycles. The third-order valence-corrected chi connectivity index (χ3v) is 4.56. The fourth-order valence-corrected chi connectivity index (χ4v) is 3.31. The van der Waals surface area contributed by atoms with Gasteiger partial charge in [0, 0.05) is 17.1 Å². The van der Waals surface area contributed by atoms with Gasteiger partial charge in [-0.05, 0) is 17.5 Å². The number of rotatable bonds is 3. The quantitative estimate of drug-likeness (QED) is 0.676. The number of amides is 1. The zero-order valence-corrected chi connectivity index (χ0v) is 12.3. The van der Waals surface area contributed by atoms with Gasteiger partial charge in [-0.2, -0.15) is 21.5 Å². The lowest BCUT2D eigenvalue weighted by molar-refractivity contribution is -0.0892. The minimum atomic E-state index is -1.04. The summed E-state index contributed by atoms with van der Waals surface area (Å²) < 4.78 is 0. The van der Waals surface area contributed by atoms with Crippen molar-refractivity contribution in [3.63, 3.8) is 0 Å². The van der Waals surface area contributed by atoms with Crippen LogP contribution in [0, 0.1) is 0 Å². The second kappa shape index (κ2) is 4.79. The number of thiophene rings is 1. The third-order valence-electron chi connectivity index (χ3n) is 3.87. The van der Waals surface area contributed by atoms with Gasteiger partial charge in [-0.1, -0.05) is 0 Å². The van der Waals surface area contributed by atoms with Crippen LogP contribution < -0.4 is 0 Å². The molecule has 0 radical (unpaired) electrons. The summed E-state index contributed by atoms with van der Waals surface area (Å²) in [6, 6.07) is 3.66. The van der Waals surface area contributed by atoms with Crippen LogP contribution in [0.15, 0.2) is 35.3 Å². The van der Waals surface area contributed by atoms with Gasteiger partial charge in [-0.25, -0.2) is 0 Å². The van der Waals surface area contributed by atoms with Crippen LogP contribution in [0.5, 0.6) is 0 Å². The molecule has 1 aliphatic rings. The van der Waals surface area contributed by atoms with Gasteiger partial charge in [0.15, 0.2) is 0 Å². The lowest BCUT2D eigenvalue weighted by Gasteiger charge is -2.45. The molecule has 1 amide bonds. The predicted octanol–water partition coefficient (Wildman–Crippen LogP) is 1.20. The van der Waals surface area contributed by atoms with E-state index in [-0.39, 0.29) is 19.0 Å². The Labute approximate surface area is 129 Å². The Kier molecular flexibility index (Phi) is 2.88. The van der Waals surface area contributed by atoms with Gasteiger partial charge in [-0.3, -0.25) is 15.0 Å². The van der Waals surface area contributed by atoms with Crippen molar-refractivity contribution < 1.29 is 9.90 Å². The summed E-state index contributed by atoms with van der Waals surface area (Å²) in [5, 5.41) is 27.8. The van der Waals surface area contributed by atoms with Gasteiger partial charge >= 0.3 is 0 Å². The Bertz CT molecular complexity index is 787. The Morgan fingerprint density at radius 3 is 2.86 bits per heavy atom. The number of hydrogen-bond donors (Lipinski definition) is 3. The smallest absolute Gasteiger partial charge is 0.257 e. The highest BCUT2D eigenvalue weighted by Gasteiger charge is 2.46. The molecule has 0 spiro atoms. The zero-order chi connectivity index (χ0) is 15.2. The minimum Gasteiger partial charge on any atom is -0.380 e. The van der Waals surface area contributed by atoms with Crippen LogP contribution in [-0.2, 0) is 5.60 Å². The van der Waals surface area contributed by atoms with E-state index in [0.29, 0.717) is 17.0 Å². The number of likely N-dealkylation sites (tertiary alicyclic amines) is 1. The van der Waals surface area contributed by atoms with E-state index in [0.717, 1.165) is 5.56 Å². The molecule has 0 bridgehead atoms. The number of carbonyl (C=O) groups excluding carboxylic acids is 1. The molecule has 7 nitrogen and oxygen atoms in total. The number of carbonyl (C=O) groups is 1. The molecule has 1 fully saturated rings. The highest BCUT2D eigenvalue weighted by molar-refractivity contribution is 7.08. The summed E-state index contributed by atoms with van der Waals surface area (Å²) in [5.74, 6) is -0.140. The number of β-amino-alcohol motifs (C(OH)–C–C–N with tert-alkyl or cyclic N) is 1. The van der Waals surface area contributed by atoms with Crippen molar-refractivity contribution >= 4 is 17.2 Å². The molecule has 3 aromatic rings. The van der Waals surface area contributed by atoms with Crippen molar-refractivity contribution in [2.24, 2.45) is 0 Å². The van der Waals surface area contributed by atoms with Crippen LogP contribution in [0.25, 0.3) is 11.3 Å². The van der Waals surface area contributed by atoms with E-state index < -0.39 is 5.60 Å². The highest BCUT2D eigenvalue weighted by atomic mass is 32.1. The van der Waals surface area contributed by atoms with Crippen LogP contribution in [0.3, 0.4) is 0 Å². The van der Waals surface area contributed by atoms with Crippen LogP contribution in [-0.4, -0.2) is 49.4 Å². The molecule has 0 atom stereocenters. The zero-order valence-electron chi connectivity index (χ0n) is 11.5. The molecule has 4 heterocycles. The molecule has 0 saturated carbocycles. The van der Waals surface area contributed by atoms with Gasteiger partial charge in [0.25, 0.3) is 5.91 Å². The largest absolute Gasteiger partial charge is 0.380 e. The fourth-order valence-electron chi connectivity index (χ4n) is 2.66. The van der Waals surface area contributed by atoms with Crippen molar-refractivity contribution in [1.82, 2.24) is 25.3 Å². The Morgan fingerprint density at radius 2 is 2.18 bits per heavy atom. The molecule has 112 valence electrons. The van der Waals surface area contributed by atoms with E-state index >= 15 is 0 Å². The van der Waals surface area contributed by atoms with Gasteiger partial charge < -0.3 is 10.0 Å². The van der Waals surface area contributed by atoms with Crippen LogP contribution in [0.4, 0.5) is 0 Å². The monoisotopic (exact) mass is 315 g/mol. The molecule has 3 N–H and O–H groups in total.